The molecule has 0 saturated carbocycles. The number of nitrogens with zero attached hydrogens (tertiary/aromatic N) is 2. The summed E-state index contributed by atoms with van der Waals surface area (Å²) in [4.78, 5) is 1.98. The second kappa shape index (κ2) is 5.71. The van der Waals surface area contributed by atoms with Crippen LogP contribution in [0.3, 0.4) is 0 Å². The van der Waals surface area contributed by atoms with Crippen LogP contribution in [0.4, 0.5) is 18.9 Å². The standard InChI is InChI=1S/C14H16F3N3/c1-2-5-20(12-8-19-9-12)11-4-3-10(7-18)13(6-11)14(15,16)17/h3-4,6,12,19H,2,5,8-9H2,1H3. The van der Waals surface area contributed by atoms with Crippen LogP contribution >= 0.6 is 0 Å². The number of rotatable bonds is 4. The van der Waals surface area contributed by atoms with E-state index in [1.165, 1.54) is 6.07 Å². The van der Waals surface area contributed by atoms with Gasteiger partial charge in [-0.15, -0.1) is 0 Å². The summed E-state index contributed by atoms with van der Waals surface area (Å²) in [6, 6.07) is 5.78. The predicted octanol–water partition coefficient (Wildman–Crippen LogP) is 2.77. The van der Waals surface area contributed by atoms with Gasteiger partial charge in [-0.3, -0.25) is 0 Å². The van der Waals surface area contributed by atoms with Crippen molar-refractivity contribution in [2.75, 3.05) is 24.5 Å². The molecule has 1 fully saturated rings. The van der Waals surface area contributed by atoms with Gasteiger partial charge in [-0.2, -0.15) is 18.4 Å². The highest BCUT2D eigenvalue weighted by atomic mass is 19.4. The number of nitriles is 1. The number of nitrogens with one attached hydrogen (secondary N) is 1. The minimum Gasteiger partial charge on any atom is -0.366 e. The lowest BCUT2D eigenvalue weighted by atomic mass is 10.0. The fraction of sp³-hybridized carbons (Fsp3) is 0.500. The number of hydrogen-bond acceptors (Lipinski definition) is 3. The van der Waals surface area contributed by atoms with Gasteiger partial charge in [0.15, 0.2) is 0 Å². The number of benzene rings is 1. The van der Waals surface area contributed by atoms with Gasteiger partial charge < -0.3 is 10.2 Å². The van der Waals surface area contributed by atoms with Crippen LogP contribution in [-0.4, -0.2) is 25.7 Å². The normalized spacial score (nSPS) is 15.6. The van der Waals surface area contributed by atoms with Crippen molar-refractivity contribution < 1.29 is 13.2 Å². The van der Waals surface area contributed by atoms with Crippen LogP contribution in [0.5, 0.6) is 0 Å². The van der Waals surface area contributed by atoms with E-state index in [4.69, 9.17) is 5.26 Å². The lowest BCUT2D eigenvalue weighted by Crippen LogP contribution is -2.57. The van der Waals surface area contributed by atoms with Crippen molar-refractivity contribution in [3.8, 4) is 6.07 Å². The molecule has 0 unspecified atom stereocenters. The molecular weight excluding hydrogens is 267 g/mol. The molecule has 6 heteroatoms. The zero-order valence-corrected chi connectivity index (χ0v) is 11.2. The molecule has 0 aromatic heterocycles. The molecule has 1 aliphatic rings. The van der Waals surface area contributed by atoms with Crippen molar-refractivity contribution in [2.24, 2.45) is 0 Å². The third-order valence-corrected chi connectivity index (χ3v) is 3.43. The van der Waals surface area contributed by atoms with Crippen LogP contribution in [0.25, 0.3) is 0 Å². The van der Waals surface area contributed by atoms with Crippen LogP contribution in [0.2, 0.25) is 0 Å². The molecule has 0 aliphatic carbocycles. The monoisotopic (exact) mass is 283 g/mol. The van der Waals surface area contributed by atoms with Crippen LogP contribution in [0, 0.1) is 11.3 Å². The topological polar surface area (TPSA) is 39.1 Å². The largest absolute Gasteiger partial charge is 0.417 e. The van der Waals surface area contributed by atoms with E-state index >= 15 is 0 Å². The smallest absolute Gasteiger partial charge is 0.366 e. The average Bonchev–Trinajstić information content (AvgIpc) is 2.34. The quantitative estimate of drug-likeness (QED) is 0.923. The molecule has 1 heterocycles. The number of anilines is 1. The Hall–Kier alpha value is -1.74. The summed E-state index contributed by atoms with van der Waals surface area (Å²) < 4.78 is 38.9. The van der Waals surface area contributed by atoms with Gasteiger partial charge in [0.25, 0.3) is 0 Å². The fourth-order valence-electron chi connectivity index (χ4n) is 2.30. The Balaban J connectivity index is 2.38. The first kappa shape index (κ1) is 14.7. The Kier molecular flexibility index (Phi) is 4.19. The maximum atomic E-state index is 13.0. The molecule has 1 aromatic carbocycles. The van der Waals surface area contributed by atoms with Crippen LogP contribution in [0.15, 0.2) is 18.2 Å². The molecule has 0 bridgehead atoms. The molecular formula is C14H16F3N3. The summed E-state index contributed by atoms with van der Waals surface area (Å²) in [5, 5.41) is 11.9. The second-order valence-electron chi connectivity index (χ2n) is 4.84. The van der Waals surface area contributed by atoms with Crippen molar-refractivity contribution in [1.82, 2.24) is 5.32 Å². The Morgan fingerprint density at radius 1 is 1.40 bits per heavy atom. The van der Waals surface area contributed by atoms with Gasteiger partial charge in [0.1, 0.15) is 0 Å². The summed E-state index contributed by atoms with van der Waals surface area (Å²) in [6.45, 7) is 4.26. The SMILES string of the molecule is CCCN(c1ccc(C#N)c(C(F)(F)F)c1)C1CNC1. The Morgan fingerprint density at radius 2 is 2.10 bits per heavy atom. The molecule has 3 nitrogen and oxygen atoms in total. The third-order valence-electron chi connectivity index (χ3n) is 3.43. The van der Waals surface area contributed by atoms with E-state index in [1.54, 1.807) is 12.1 Å². The molecule has 2 rings (SSSR count). The van der Waals surface area contributed by atoms with Crippen molar-refractivity contribution >= 4 is 5.69 Å². The van der Waals surface area contributed by atoms with Gasteiger partial charge in [0, 0.05) is 25.3 Å². The summed E-state index contributed by atoms with van der Waals surface area (Å²) >= 11 is 0. The first-order valence-electron chi connectivity index (χ1n) is 6.56. The zero-order valence-electron chi connectivity index (χ0n) is 11.2. The van der Waals surface area contributed by atoms with E-state index in [0.29, 0.717) is 12.2 Å². The van der Waals surface area contributed by atoms with Crippen molar-refractivity contribution in [3.05, 3.63) is 29.3 Å². The number of hydrogen-bond donors (Lipinski definition) is 1. The Labute approximate surface area is 116 Å². The lowest BCUT2D eigenvalue weighted by Gasteiger charge is -2.40. The van der Waals surface area contributed by atoms with E-state index in [-0.39, 0.29) is 11.6 Å². The molecule has 1 saturated heterocycles. The highest BCUT2D eigenvalue weighted by Crippen LogP contribution is 2.35. The lowest BCUT2D eigenvalue weighted by molar-refractivity contribution is -0.137. The van der Waals surface area contributed by atoms with Gasteiger partial charge >= 0.3 is 6.18 Å². The predicted molar refractivity (Wildman–Crippen MR) is 70.5 cm³/mol. The molecule has 0 radical (unpaired) electrons. The number of alkyl halides is 3. The molecule has 108 valence electrons. The molecule has 0 atom stereocenters. The maximum Gasteiger partial charge on any atom is 0.417 e. The summed E-state index contributed by atoms with van der Waals surface area (Å²) in [7, 11) is 0. The number of halogens is 3. The zero-order chi connectivity index (χ0) is 14.8. The summed E-state index contributed by atoms with van der Waals surface area (Å²) in [6.07, 6.45) is -3.64. The van der Waals surface area contributed by atoms with E-state index in [1.807, 2.05) is 11.8 Å². The molecule has 0 spiro atoms. The van der Waals surface area contributed by atoms with Gasteiger partial charge in [-0.25, -0.2) is 0 Å². The van der Waals surface area contributed by atoms with Crippen LogP contribution in [0.1, 0.15) is 24.5 Å². The minimum atomic E-state index is -4.50. The minimum absolute atomic E-state index is 0.226. The van der Waals surface area contributed by atoms with E-state index in [2.05, 4.69) is 5.32 Å². The van der Waals surface area contributed by atoms with Crippen molar-refractivity contribution in [1.29, 1.82) is 5.26 Å². The molecule has 0 amide bonds. The van der Waals surface area contributed by atoms with Gasteiger partial charge in [0.05, 0.1) is 23.2 Å². The molecule has 1 N–H and O–H groups in total. The van der Waals surface area contributed by atoms with Crippen molar-refractivity contribution in [3.63, 3.8) is 0 Å². The molecule has 20 heavy (non-hydrogen) atoms. The second-order valence-corrected chi connectivity index (χ2v) is 4.84. The van der Waals surface area contributed by atoms with Gasteiger partial charge in [-0.05, 0) is 24.6 Å². The van der Waals surface area contributed by atoms with E-state index in [9.17, 15) is 13.2 Å². The maximum absolute atomic E-state index is 13.0. The first-order valence-corrected chi connectivity index (χ1v) is 6.56. The summed E-state index contributed by atoms with van der Waals surface area (Å²) in [5.74, 6) is 0. The molecule has 1 aromatic rings. The van der Waals surface area contributed by atoms with Gasteiger partial charge in [0.2, 0.25) is 0 Å². The molecule has 1 aliphatic heterocycles. The Morgan fingerprint density at radius 3 is 2.55 bits per heavy atom. The van der Waals surface area contributed by atoms with E-state index < -0.39 is 11.7 Å². The third kappa shape index (κ3) is 2.88. The Bertz CT molecular complexity index is 515. The summed E-state index contributed by atoms with van der Waals surface area (Å²) in [5.41, 5.74) is -0.653. The van der Waals surface area contributed by atoms with Crippen molar-refractivity contribution in [2.45, 2.75) is 25.6 Å². The highest BCUT2D eigenvalue weighted by Gasteiger charge is 2.35. The first-order chi connectivity index (χ1) is 9.47. The van der Waals surface area contributed by atoms with Gasteiger partial charge in [-0.1, -0.05) is 6.92 Å². The fourth-order valence-corrected chi connectivity index (χ4v) is 2.30. The average molecular weight is 283 g/mol. The highest BCUT2D eigenvalue weighted by molar-refractivity contribution is 5.55. The van der Waals surface area contributed by atoms with Crippen LogP contribution < -0.4 is 10.2 Å². The van der Waals surface area contributed by atoms with E-state index in [0.717, 1.165) is 25.6 Å². The van der Waals surface area contributed by atoms with Crippen LogP contribution in [-0.2, 0) is 6.18 Å².